The quantitative estimate of drug-likeness (QED) is 0.404. The molecule has 4 aromatic rings. The van der Waals surface area contributed by atoms with Gasteiger partial charge in [0.25, 0.3) is 0 Å². The Labute approximate surface area is 134 Å². The van der Waals surface area contributed by atoms with E-state index in [4.69, 9.17) is 0 Å². The van der Waals surface area contributed by atoms with Gasteiger partial charge >= 0.3 is 0 Å². The first kappa shape index (κ1) is 13.9. The number of halogens is 1. The zero-order valence-electron chi connectivity index (χ0n) is 13.1. The van der Waals surface area contributed by atoms with E-state index >= 15 is 0 Å². The van der Waals surface area contributed by atoms with E-state index in [9.17, 15) is 4.39 Å². The largest absolute Gasteiger partial charge is 0.256 e. The minimum atomic E-state index is -0.214. The van der Waals surface area contributed by atoms with Crippen LogP contribution >= 0.6 is 0 Å². The third-order valence-electron chi connectivity index (χ3n) is 4.20. The van der Waals surface area contributed by atoms with Crippen LogP contribution in [-0.4, -0.2) is 4.98 Å². The SMILES string of the molecule is Cc1cc(C)cc(-c2nccc3ccc4cc(F)ccc4c23)c1. The van der Waals surface area contributed by atoms with Crippen molar-refractivity contribution in [3.05, 3.63) is 77.7 Å². The summed E-state index contributed by atoms with van der Waals surface area (Å²) in [4.78, 5) is 4.64. The predicted molar refractivity (Wildman–Crippen MR) is 94.1 cm³/mol. The molecule has 23 heavy (non-hydrogen) atoms. The van der Waals surface area contributed by atoms with Gasteiger partial charge in [-0.3, -0.25) is 4.98 Å². The Hall–Kier alpha value is -2.74. The van der Waals surface area contributed by atoms with Crippen molar-refractivity contribution < 1.29 is 4.39 Å². The Balaban J connectivity index is 2.14. The van der Waals surface area contributed by atoms with E-state index < -0.39 is 0 Å². The lowest BCUT2D eigenvalue weighted by Gasteiger charge is -2.11. The van der Waals surface area contributed by atoms with E-state index in [0.29, 0.717) is 0 Å². The van der Waals surface area contributed by atoms with Crippen molar-refractivity contribution >= 4 is 21.5 Å². The summed E-state index contributed by atoms with van der Waals surface area (Å²) in [6.45, 7) is 4.18. The van der Waals surface area contributed by atoms with Gasteiger partial charge in [0.05, 0.1) is 5.69 Å². The van der Waals surface area contributed by atoms with Crippen molar-refractivity contribution in [2.24, 2.45) is 0 Å². The molecule has 0 unspecified atom stereocenters. The smallest absolute Gasteiger partial charge is 0.123 e. The second kappa shape index (κ2) is 5.17. The number of rotatable bonds is 1. The molecule has 0 aliphatic carbocycles. The fraction of sp³-hybridized carbons (Fsp3) is 0.0952. The maximum absolute atomic E-state index is 13.6. The van der Waals surface area contributed by atoms with Crippen molar-refractivity contribution in [1.29, 1.82) is 0 Å². The molecule has 0 aliphatic heterocycles. The first-order valence-corrected chi connectivity index (χ1v) is 7.67. The molecule has 0 radical (unpaired) electrons. The zero-order valence-corrected chi connectivity index (χ0v) is 13.1. The van der Waals surface area contributed by atoms with Crippen LogP contribution in [0.1, 0.15) is 11.1 Å². The van der Waals surface area contributed by atoms with Crippen LogP contribution in [0.25, 0.3) is 32.8 Å². The second-order valence-electron chi connectivity index (χ2n) is 6.07. The molecule has 112 valence electrons. The Kier molecular flexibility index (Phi) is 3.12. The highest BCUT2D eigenvalue weighted by atomic mass is 19.1. The van der Waals surface area contributed by atoms with Crippen molar-refractivity contribution in [3.63, 3.8) is 0 Å². The molecule has 1 heterocycles. The minimum absolute atomic E-state index is 0.214. The normalized spacial score (nSPS) is 11.3. The van der Waals surface area contributed by atoms with Crippen LogP contribution in [0.2, 0.25) is 0 Å². The van der Waals surface area contributed by atoms with Gasteiger partial charge in [-0.15, -0.1) is 0 Å². The average molecular weight is 301 g/mol. The molecule has 1 aromatic heterocycles. The van der Waals surface area contributed by atoms with E-state index in [1.54, 1.807) is 6.07 Å². The van der Waals surface area contributed by atoms with Crippen LogP contribution < -0.4 is 0 Å². The summed E-state index contributed by atoms with van der Waals surface area (Å²) in [5, 5.41) is 4.13. The van der Waals surface area contributed by atoms with Crippen LogP contribution in [-0.2, 0) is 0 Å². The third kappa shape index (κ3) is 2.36. The number of benzene rings is 3. The molecular formula is C21H16FN. The lowest BCUT2D eigenvalue weighted by molar-refractivity contribution is 0.630. The van der Waals surface area contributed by atoms with Gasteiger partial charge in [-0.2, -0.15) is 0 Å². The van der Waals surface area contributed by atoms with Crippen molar-refractivity contribution in [2.45, 2.75) is 13.8 Å². The number of hydrogen-bond acceptors (Lipinski definition) is 1. The number of pyridine rings is 1. The lowest BCUT2D eigenvalue weighted by Crippen LogP contribution is -1.90. The molecule has 0 saturated carbocycles. The van der Waals surface area contributed by atoms with E-state index in [-0.39, 0.29) is 5.82 Å². The van der Waals surface area contributed by atoms with Crippen LogP contribution in [0.4, 0.5) is 4.39 Å². The number of nitrogens with zero attached hydrogens (tertiary/aromatic N) is 1. The fourth-order valence-corrected chi connectivity index (χ4v) is 3.31. The van der Waals surface area contributed by atoms with Gasteiger partial charge in [-0.25, -0.2) is 4.39 Å². The molecule has 0 atom stereocenters. The van der Waals surface area contributed by atoms with Crippen LogP contribution in [0, 0.1) is 19.7 Å². The first-order chi connectivity index (χ1) is 11.1. The van der Waals surface area contributed by atoms with Crippen molar-refractivity contribution in [1.82, 2.24) is 4.98 Å². The molecule has 0 saturated heterocycles. The van der Waals surface area contributed by atoms with E-state index in [1.165, 1.54) is 17.2 Å². The summed E-state index contributed by atoms with van der Waals surface area (Å²) < 4.78 is 13.6. The summed E-state index contributed by atoms with van der Waals surface area (Å²) in [6.07, 6.45) is 1.84. The van der Waals surface area contributed by atoms with Gasteiger partial charge in [0.15, 0.2) is 0 Å². The molecule has 2 heteroatoms. The second-order valence-corrected chi connectivity index (χ2v) is 6.07. The van der Waals surface area contributed by atoms with Gasteiger partial charge in [0, 0.05) is 17.1 Å². The minimum Gasteiger partial charge on any atom is -0.256 e. The maximum Gasteiger partial charge on any atom is 0.123 e. The van der Waals surface area contributed by atoms with Gasteiger partial charge in [-0.05, 0) is 60.3 Å². The van der Waals surface area contributed by atoms with Crippen LogP contribution in [0.3, 0.4) is 0 Å². The Morgan fingerprint density at radius 3 is 2.30 bits per heavy atom. The molecule has 1 nitrogen and oxygen atoms in total. The van der Waals surface area contributed by atoms with Gasteiger partial charge in [0.1, 0.15) is 5.82 Å². The molecule has 0 amide bonds. The van der Waals surface area contributed by atoms with Gasteiger partial charge < -0.3 is 0 Å². The lowest BCUT2D eigenvalue weighted by atomic mass is 9.96. The summed E-state index contributed by atoms with van der Waals surface area (Å²) in [5.41, 5.74) is 4.48. The Bertz CT molecular complexity index is 1030. The monoisotopic (exact) mass is 301 g/mol. The third-order valence-corrected chi connectivity index (χ3v) is 4.20. The highest BCUT2D eigenvalue weighted by molar-refractivity contribution is 6.13. The van der Waals surface area contributed by atoms with Crippen molar-refractivity contribution in [3.8, 4) is 11.3 Å². The summed E-state index contributed by atoms with van der Waals surface area (Å²) in [7, 11) is 0. The maximum atomic E-state index is 13.6. The van der Waals surface area contributed by atoms with Crippen LogP contribution in [0.15, 0.2) is 60.8 Å². The standard InChI is InChI=1S/C21H16FN/c1-13-9-14(2)11-17(10-13)21-20-15(7-8-23-21)3-4-16-12-18(22)5-6-19(16)20/h3-12H,1-2H3. The zero-order chi connectivity index (χ0) is 16.0. The summed E-state index contributed by atoms with van der Waals surface area (Å²) >= 11 is 0. The fourth-order valence-electron chi connectivity index (χ4n) is 3.31. The molecule has 0 bridgehead atoms. The molecule has 0 aliphatic rings. The topological polar surface area (TPSA) is 12.9 Å². The molecule has 0 N–H and O–H groups in total. The molecular weight excluding hydrogens is 285 g/mol. The number of aryl methyl sites for hydroxylation is 2. The van der Waals surface area contributed by atoms with Crippen LogP contribution in [0.5, 0.6) is 0 Å². The van der Waals surface area contributed by atoms with Gasteiger partial charge in [0.2, 0.25) is 0 Å². The molecule has 0 spiro atoms. The highest BCUT2D eigenvalue weighted by Gasteiger charge is 2.10. The molecule has 4 rings (SSSR count). The number of hydrogen-bond donors (Lipinski definition) is 0. The number of aromatic nitrogens is 1. The summed E-state index contributed by atoms with van der Waals surface area (Å²) in [6, 6.07) is 17.4. The Morgan fingerprint density at radius 1 is 0.783 bits per heavy atom. The molecule has 0 fully saturated rings. The van der Waals surface area contributed by atoms with E-state index in [2.05, 4.69) is 37.0 Å². The first-order valence-electron chi connectivity index (χ1n) is 7.67. The van der Waals surface area contributed by atoms with E-state index in [1.807, 2.05) is 30.5 Å². The predicted octanol–water partition coefficient (Wildman–Crippen LogP) is 5.81. The number of fused-ring (bicyclic) bond motifs is 3. The van der Waals surface area contributed by atoms with Crippen molar-refractivity contribution in [2.75, 3.05) is 0 Å². The average Bonchev–Trinajstić information content (AvgIpc) is 2.52. The van der Waals surface area contributed by atoms with E-state index in [0.717, 1.165) is 32.8 Å². The highest BCUT2D eigenvalue weighted by Crippen LogP contribution is 2.33. The molecule has 3 aromatic carbocycles. The van der Waals surface area contributed by atoms with Gasteiger partial charge in [-0.1, -0.05) is 35.4 Å². The summed E-state index contributed by atoms with van der Waals surface area (Å²) in [5.74, 6) is -0.214. The Morgan fingerprint density at radius 2 is 1.52 bits per heavy atom.